The van der Waals surface area contributed by atoms with Gasteiger partial charge in [-0.25, -0.2) is 0 Å². The average molecular weight is 753 g/mol. The maximum Gasteiger partial charge on any atom is 0.193 e. The predicted molar refractivity (Wildman–Crippen MR) is 233 cm³/mol. The summed E-state index contributed by atoms with van der Waals surface area (Å²) in [7, 11) is 0. The van der Waals surface area contributed by atoms with Gasteiger partial charge in [0.15, 0.2) is 5.78 Å². The number of anilines is 6. The van der Waals surface area contributed by atoms with E-state index in [-0.39, 0.29) is 11.4 Å². The molecule has 0 aliphatic heterocycles. The Morgan fingerprint density at radius 3 is 1.21 bits per heavy atom. The molecule has 0 amide bonds. The topological polar surface area (TPSA) is 51.2 Å². The van der Waals surface area contributed by atoms with Crippen LogP contribution in [0.3, 0.4) is 0 Å². The molecule has 0 atom stereocenters. The van der Waals surface area contributed by atoms with Crippen LogP contribution in [0.5, 0.6) is 23.0 Å². The Kier molecular flexibility index (Phi) is 12.0. The highest BCUT2D eigenvalue weighted by Crippen LogP contribution is 2.40. The van der Waals surface area contributed by atoms with E-state index < -0.39 is 0 Å². The van der Waals surface area contributed by atoms with Gasteiger partial charge in [-0.05, 0) is 173 Å². The molecule has 0 aromatic heterocycles. The van der Waals surface area contributed by atoms with Crippen molar-refractivity contribution in [1.29, 1.82) is 0 Å². The van der Waals surface area contributed by atoms with E-state index in [9.17, 15) is 4.79 Å². The SMILES string of the molecule is CCCC(C)(C)Oc1ccc(C(=O)c2ccc(Oc3ccc(N(c4ccccc4)c4ccc(N(c5ccccc5)c5ccc(OCC)cc5)cc4)cc3)cc2)cc1. The van der Waals surface area contributed by atoms with Crippen molar-refractivity contribution in [3.8, 4) is 23.0 Å². The Morgan fingerprint density at radius 2 is 0.807 bits per heavy atom. The minimum Gasteiger partial charge on any atom is -0.494 e. The molecule has 7 rings (SSSR count). The van der Waals surface area contributed by atoms with E-state index in [4.69, 9.17) is 14.2 Å². The van der Waals surface area contributed by atoms with Crippen LogP contribution >= 0.6 is 0 Å². The first-order valence-electron chi connectivity index (χ1n) is 19.6. The molecule has 0 aliphatic rings. The van der Waals surface area contributed by atoms with E-state index in [1.54, 1.807) is 12.1 Å². The van der Waals surface area contributed by atoms with Gasteiger partial charge in [0.1, 0.15) is 28.6 Å². The van der Waals surface area contributed by atoms with E-state index in [1.807, 2.05) is 91.9 Å². The molecule has 6 nitrogen and oxygen atoms in total. The van der Waals surface area contributed by atoms with Crippen molar-refractivity contribution in [3.63, 3.8) is 0 Å². The predicted octanol–water partition coefficient (Wildman–Crippen LogP) is 14.0. The molecule has 0 radical (unpaired) electrons. The summed E-state index contributed by atoms with van der Waals surface area (Å²) in [6, 6.07) is 60.2. The summed E-state index contributed by atoms with van der Waals surface area (Å²) in [6.45, 7) is 8.92. The molecule has 0 heterocycles. The van der Waals surface area contributed by atoms with Gasteiger partial charge in [-0.15, -0.1) is 0 Å². The van der Waals surface area contributed by atoms with Crippen LogP contribution in [-0.4, -0.2) is 18.0 Å². The van der Waals surface area contributed by atoms with Crippen molar-refractivity contribution in [1.82, 2.24) is 0 Å². The van der Waals surface area contributed by atoms with Crippen LogP contribution in [0.4, 0.5) is 34.1 Å². The monoisotopic (exact) mass is 752 g/mol. The minimum atomic E-state index is -0.255. The van der Waals surface area contributed by atoms with Crippen molar-refractivity contribution in [2.24, 2.45) is 0 Å². The fraction of sp³-hybridized carbons (Fsp3) is 0.157. The lowest BCUT2D eigenvalue weighted by molar-refractivity contribution is 0.0985. The molecule has 0 fully saturated rings. The third-order valence-corrected chi connectivity index (χ3v) is 9.61. The van der Waals surface area contributed by atoms with Crippen molar-refractivity contribution < 1.29 is 19.0 Å². The third kappa shape index (κ3) is 9.54. The highest BCUT2D eigenvalue weighted by atomic mass is 16.5. The maximum absolute atomic E-state index is 13.3. The van der Waals surface area contributed by atoms with Crippen LogP contribution in [0.25, 0.3) is 0 Å². The number of carbonyl (C=O) groups is 1. The molecular weight excluding hydrogens is 705 g/mol. The summed E-state index contributed by atoms with van der Waals surface area (Å²) in [5.41, 5.74) is 7.12. The van der Waals surface area contributed by atoms with Crippen molar-refractivity contribution in [2.75, 3.05) is 16.4 Å². The molecule has 6 heteroatoms. The van der Waals surface area contributed by atoms with Gasteiger partial charge in [-0.1, -0.05) is 49.7 Å². The average Bonchev–Trinajstić information content (AvgIpc) is 3.24. The molecule has 0 spiro atoms. The normalized spacial score (nSPS) is 11.1. The largest absolute Gasteiger partial charge is 0.494 e. The fourth-order valence-corrected chi connectivity index (χ4v) is 6.94. The Bertz CT molecular complexity index is 2320. The number of rotatable bonds is 16. The molecule has 0 saturated heterocycles. The van der Waals surface area contributed by atoms with Gasteiger partial charge in [0, 0.05) is 45.3 Å². The molecular formula is C51H48N2O4. The van der Waals surface area contributed by atoms with E-state index >= 15 is 0 Å². The second-order valence-corrected chi connectivity index (χ2v) is 14.4. The number of nitrogens with zero attached hydrogens (tertiary/aromatic N) is 2. The molecule has 0 bridgehead atoms. The Balaban J connectivity index is 1.07. The second kappa shape index (κ2) is 17.8. The zero-order chi connectivity index (χ0) is 39.6. The van der Waals surface area contributed by atoms with E-state index in [2.05, 4.69) is 116 Å². The van der Waals surface area contributed by atoms with Gasteiger partial charge in [-0.3, -0.25) is 4.79 Å². The number of hydrogen-bond donors (Lipinski definition) is 0. The Morgan fingerprint density at radius 1 is 0.456 bits per heavy atom. The first-order valence-corrected chi connectivity index (χ1v) is 19.6. The van der Waals surface area contributed by atoms with Gasteiger partial charge in [0.05, 0.1) is 6.61 Å². The number of hydrogen-bond acceptors (Lipinski definition) is 6. The lowest BCUT2D eigenvalue weighted by atomic mass is 10.0. The Labute approximate surface area is 336 Å². The number of ether oxygens (including phenoxy) is 3. The molecule has 0 unspecified atom stereocenters. The van der Waals surface area contributed by atoms with E-state index in [0.717, 1.165) is 58.5 Å². The van der Waals surface area contributed by atoms with Crippen LogP contribution in [-0.2, 0) is 0 Å². The van der Waals surface area contributed by atoms with Crippen LogP contribution in [0.2, 0.25) is 0 Å². The molecule has 0 saturated carbocycles. The highest BCUT2D eigenvalue weighted by molar-refractivity contribution is 6.09. The number of carbonyl (C=O) groups excluding carboxylic acids is 1. The van der Waals surface area contributed by atoms with Gasteiger partial charge >= 0.3 is 0 Å². The van der Waals surface area contributed by atoms with Gasteiger partial charge in [0.2, 0.25) is 0 Å². The Hall–Kier alpha value is -6.79. The minimum absolute atomic E-state index is 0.0525. The summed E-state index contributed by atoms with van der Waals surface area (Å²) >= 11 is 0. The van der Waals surface area contributed by atoms with Crippen molar-refractivity contribution in [2.45, 2.75) is 46.1 Å². The van der Waals surface area contributed by atoms with E-state index in [0.29, 0.717) is 29.2 Å². The van der Waals surface area contributed by atoms with Crippen LogP contribution in [0.1, 0.15) is 56.5 Å². The summed E-state index contributed by atoms with van der Waals surface area (Å²) in [5, 5.41) is 0. The highest BCUT2D eigenvalue weighted by Gasteiger charge is 2.19. The first-order chi connectivity index (χ1) is 27.8. The van der Waals surface area contributed by atoms with Crippen molar-refractivity contribution >= 4 is 39.9 Å². The zero-order valence-corrected chi connectivity index (χ0v) is 33.0. The van der Waals surface area contributed by atoms with Gasteiger partial charge < -0.3 is 24.0 Å². The quantitative estimate of drug-likeness (QED) is 0.0916. The van der Waals surface area contributed by atoms with E-state index in [1.165, 1.54) is 0 Å². The first kappa shape index (κ1) is 38.5. The molecule has 0 aliphatic carbocycles. The summed E-state index contributed by atoms with van der Waals surface area (Å²) < 4.78 is 18.1. The number of ketones is 1. The zero-order valence-electron chi connectivity index (χ0n) is 33.0. The van der Waals surface area contributed by atoms with Gasteiger partial charge in [-0.2, -0.15) is 0 Å². The molecule has 0 N–H and O–H groups in total. The molecule has 7 aromatic carbocycles. The smallest absolute Gasteiger partial charge is 0.193 e. The number of benzene rings is 7. The summed E-state index contributed by atoms with van der Waals surface area (Å²) in [5.74, 6) is 2.89. The van der Waals surface area contributed by atoms with Crippen LogP contribution < -0.4 is 24.0 Å². The van der Waals surface area contributed by atoms with Crippen LogP contribution in [0.15, 0.2) is 182 Å². The summed E-state index contributed by atoms with van der Waals surface area (Å²) in [4.78, 5) is 17.7. The van der Waals surface area contributed by atoms with Gasteiger partial charge in [0.25, 0.3) is 0 Å². The summed E-state index contributed by atoms with van der Waals surface area (Å²) in [6.07, 6.45) is 1.99. The maximum atomic E-state index is 13.3. The van der Waals surface area contributed by atoms with Crippen molar-refractivity contribution in [3.05, 3.63) is 193 Å². The standard InChI is InChI=1S/C51H48N2O4/c1-5-37-51(3,4)57-49-31-19-39(20-32-49)50(54)38-17-29-47(30-18-38)56-48-35-27-45(28-36-48)53(41-15-11-8-12-16-41)43-23-21-42(22-24-43)52(40-13-9-7-10-14-40)44-25-33-46(34-26-44)55-6-2/h7-36H,5-6,37H2,1-4H3. The molecule has 7 aromatic rings. The third-order valence-electron chi connectivity index (χ3n) is 9.61. The lowest BCUT2D eigenvalue weighted by Gasteiger charge is -2.28. The molecule has 286 valence electrons. The van der Waals surface area contributed by atoms with Crippen LogP contribution in [0, 0.1) is 0 Å². The lowest BCUT2D eigenvalue weighted by Crippen LogP contribution is -2.27. The second-order valence-electron chi connectivity index (χ2n) is 14.4. The molecule has 57 heavy (non-hydrogen) atoms. The number of para-hydroxylation sites is 2. The fourth-order valence-electron chi connectivity index (χ4n) is 6.94.